The van der Waals surface area contributed by atoms with Crippen molar-refractivity contribution in [2.75, 3.05) is 0 Å². The molecular weight excluding hydrogens is 478 g/mol. The number of phenols is 1. The number of hydrogen-bond acceptors (Lipinski definition) is 3. The summed E-state index contributed by atoms with van der Waals surface area (Å²) in [7, 11) is 0. The Balaban J connectivity index is 1.54. The highest BCUT2D eigenvalue weighted by Crippen LogP contribution is 2.30. The lowest BCUT2D eigenvalue weighted by atomic mass is 9.98. The van der Waals surface area contributed by atoms with Gasteiger partial charge in [0.15, 0.2) is 0 Å². The second-order valence-corrected chi connectivity index (χ2v) is 11.6. The topological polar surface area (TPSA) is 50.9 Å². The van der Waals surface area contributed by atoms with Crippen LogP contribution in [0.5, 0.6) is 5.75 Å². The van der Waals surface area contributed by atoms with Gasteiger partial charge in [-0.05, 0) is 55.0 Å². The third-order valence-electron chi connectivity index (χ3n) is 8.10. The fourth-order valence-electron chi connectivity index (χ4n) is 5.64. The predicted molar refractivity (Wildman–Crippen MR) is 167 cm³/mol. The molecule has 4 nitrogen and oxygen atoms in total. The molecule has 0 atom stereocenters. The van der Waals surface area contributed by atoms with Gasteiger partial charge in [-0.25, -0.2) is 0 Å². The van der Waals surface area contributed by atoms with Crippen LogP contribution in [0.1, 0.15) is 147 Å². The molecule has 3 aromatic rings. The van der Waals surface area contributed by atoms with Crippen molar-refractivity contribution in [1.29, 1.82) is 0 Å². The molecule has 0 aliphatic heterocycles. The average Bonchev–Trinajstić information content (AvgIpc) is 3.38. The lowest BCUT2D eigenvalue weighted by Crippen LogP contribution is -2.03. The number of benzene rings is 2. The van der Waals surface area contributed by atoms with Gasteiger partial charge in [-0.1, -0.05) is 141 Å². The molecule has 0 radical (unpaired) electrons. The average molecular weight is 534 g/mol. The van der Waals surface area contributed by atoms with Gasteiger partial charge in [0.2, 0.25) is 0 Å². The van der Waals surface area contributed by atoms with Crippen LogP contribution in [-0.4, -0.2) is 20.1 Å². The second kappa shape index (κ2) is 18.8. The minimum Gasteiger partial charge on any atom is -0.505 e. The van der Waals surface area contributed by atoms with E-state index in [0.29, 0.717) is 5.75 Å². The van der Waals surface area contributed by atoms with Crippen LogP contribution in [0.4, 0.5) is 0 Å². The Morgan fingerprint density at radius 2 is 1.00 bits per heavy atom. The molecule has 0 saturated carbocycles. The highest BCUT2D eigenvalue weighted by molar-refractivity contribution is 5.73. The number of fused-ring (bicyclic) bond motifs is 1. The number of rotatable bonds is 22. The zero-order valence-electron chi connectivity index (χ0n) is 25.1. The summed E-state index contributed by atoms with van der Waals surface area (Å²) in [6, 6.07) is 12.3. The summed E-state index contributed by atoms with van der Waals surface area (Å²) in [5.41, 5.74) is 4.80. The number of unbranched alkanes of at least 4 members (excludes halogenated alkanes) is 17. The van der Waals surface area contributed by atoms with E-state index in [1.165, 1.54) is 121 Å². The minimum atomic E-state index is 0.349. The number of phenolic OH excluding ortho intramolecular Hbond substituents is 1. The number of nitrogens with zero attached hydrogens (tertiary/aromatic N) is 3. The van der Waals surface area contributed by atoms with Gasteiger partial charge in [0, 0.05) is 0 Å². The molecule has 0 saturated heterocycles. The van der Waals surface area contributed by atoms with Gasteiger partial charge in [0.05, 0.1) is 0 Å². The predicted octanol–water partition coefficient (Wildman–Crippen LogP) is 10.7. The molecule has 0 aliphatic rings. The first-order chi connectivity index (χ1) is 19.2. The number of aryl methyl sites for hydroxylation is 2. The van der Waals surface area contributed by atoms with Gasteiger partial charge in [0.1, 0.15) is 22.5 Å². The maximum absolute atomic E-state index is 11.3. The van der Waals surface area contributed by atoms with E-state index in [2.05, 4.69) is 36.2 Å². The Bertz CT molecular complexity index is 1020. The minimum absolute atomic E-state index is 0.349. The Labute approximate surface area is 238 Å². The van der Waals surface area contributed by atoms with Gasteiger partial charge >= 0.3 is 0 Å². The van der Waals surface area contributed by atoms with Crippen molar-refractivity contribution >= 4 is 11.0 Å². The third-order valence-corrected chi connectivity index (χ3v) is 8.10. The summed E-state index contributed by atoms with van der Waals surface area (Å²) in [4.78, 5) is 1.64. The van der Waals surface area contributed by atoms with Gasteiger partial charge in [0.25, 0.3) is 0 Å². The summed E-state index contributed by atoms with van der Waals surface area (Å²) >= 11 is 0. The molecular formula is C35H55N3O. The molecule has 0 bridgehead atoms. The second-order valence-electron chi connectivity index (χ2n) is 11.6. The molecule has 0 fully saturated rings. The monoisotopic (exact) mass is 533 g/mol. The van der Waals surface area contributed by atoms with Gasteiger partial charge in [-0.3, -0.25) is 0 Å². The van der Waals surface area contributed by atoms with Crippen molar-refractivity contribution < 1.29 is 5.11 Å². The Morgan fingerprint density at radius 1 is 0.564 bits per heavy atom. The standard InChI is InChI=1S/C35H55N3O/c1-3-5-7-9-11-13-15-16-18-20-24-30-28-31(25-21-19-17-14-12-10-8-6-4-2)35(39)34(29-30)38-36-32-26-22-23-27-33(32)37-38/h22-23,26-29,39H,3-21,24-25H2,1-2H3. The first-order valence-corrected chi connectivity index (χ1v) is 16.4. The first kappa shape index (κ1) is 31.2. The molecule has 2 aromatic carbocycles. The van der Waals surface area contributed by atoms with Crippen LogP contribution in [-0.2, 0) is 12.8 Å². The molecule has 0 spiro atoms. The van der Waals surface area contributed by atoms with Crippen molar-refractivity contribution in [3.05, 3.63) is 47.5 Å². The summed E-state index contributed by atoms with van der Waals surface area (Å²) in [6.07, 6.45) is 27.2. The van der Waals surface area contributed by atoms with Crippen LogP contribution in [0.25, 0.3) is 16.7 Å². The van der Waals surface area contributed by atoms with Crippen LogP contribution in [0, 0.1) is 0 Å². The van der Waals surface area contributed by atoms with Crippen LogP contribution < -0.4 is 0 Å². The van der Waals surface area contributed by atoms with Crippen LogP contribution in [0.15, 0.2) is 36.4 Å². The number of aromatic hydroxyl groups is 1. The molecule has 39 heavy (non-hydrogen) atoms. The SMILES string of the molecule is CCCCCCCCCCCCc1cc(CCCCCCCCCCC)c(O)c(-n2nc3ccccc3n2)c1. The van der Waals surface area contributed by atoms with Crippen molar-refractivity contribution in [2.24, 2.45) is 0 Å². The summed E-state index contributed by atoms with van der Waals surface area (Å²) in [5.74, 6) is 0.349. The molecule has 0 unspecified atom stereocenters. The Kier molecular flexibility index (Phi) is 15.1. The van der Waals surface area contributed by atoms with Crippen LogP contribution in [0.2, 0.25) is 0 Å². The van der Waals surface area contributed by atoms with E-state index in [4.69, 9.17) is 0 Å². The van der Waals surface area contributed by atoms with Crippen molar-refractivity contribution in [1.82, 2.24) is 15.0 Å². The van der Waals surface area contributed by atoms with Crippen molar-refractivity contribution in [2.45, 2.75) is 149 Å². The zero-order chi connectivity index (χ0) is 27.5. The maximum Gasteiger partial charge on any atom is 0.146 e. The Morgan fingerprint density at radius 3 is 1.49 bits per heavy atom. The summed E-state index contributed by atoms with van der Waals surface area (Å²) in [6.45, 7) is 4.56. The van der Waals surface area contributed by atoms with Crippen molar-refractivity contribution in [3.63, 3.8) is 0 Å². The van der Waals surface area contributed by atoms with E-state index in [-0.39, 0.29) is 0 Å². The molecule has 1 N–H and O–H groups in total. The van der Waals surface area contributed by atoms with Gasteiger partial charge in [-0.15, -0.1) is 15.0 Å². The highest BCUT2D eigenvalue weighted by Gasteiger charge is 2.15. The number of hydrogen-bond donors (Lipinski definition) is 1. The zero-order valence-corrected chi connectivity index (χ0v) is 25.1. The lowest BCUT2D eigenvalue weighted by molar-refractivity contribution is 0.458. The van der Waals surface area contributed by atoms with Crippen molar-refractivity contribution in [3.8, 4) is 11.4 Å². The van der Waals surface area contributed by atoms with Gasteiger partial charge in [-0.2, -0.15) is 0 Å². The molecule has 216 valence electrons. The molecule has 3 rings (SSSR count). The van der Waals surface area contributed by atoms with Gasteiger partial charge < -0.3 is 5.11 Å². The molecule has 4 heteroatoms. The first-order valence-electron chi connectivity index (χ1n) is 16.4. The van der Waals surface area contributed by atoms with E-state index in [0.717, 1.165) is 41.5 Å². The van der Waals surface area contributed by atoms with E-state index < -0.39 is 0 Å². The number of aromatic nitrogens is 3. The van der Waals surface area contributed by atoms with E-state index >= 15 is 0 Å². The lowest BCUT2D eigenvalue weighted by Gasteiger charge is -2.13. The largest absolute Gasteiger partial charge is 0.505 e. The smallest absolute Gasteiger partial charge is 0.146 e. The quantitative estimate of drug-likeness (QED) is 0.131. The van der Waals surface area contributed by atoms with E-state index in [1.807, 2.05) is 24.3 Å². The summed E-state index contributed by atoms with van der Waals surface area (Å²) < 4.78 is 0. The fraction of sp³-hybridized carbons (Fsp3) is 0.657. The third kappa shape index (κ3) is 11.3. The maximum atomic E-state index is 11.3. The van der Waals surface area contributed by atoms with Crippen LogP contribution in [0.3, 0.4) is 0 Å². The molecule has 1 aromatic heterocycles. The van der Waals surface area contributed by atoms with Crippen LogP contribution >= 0.6 is 0 Å². The highest BCUT2D eigenvalue weighted by atomic mass is 16.3. The molecule has 0 aliphatic carbocycles. The molecule has 1 heterocycles. The fourth-order valence-corrected chi connectivity index (χ4v) is 5.64. The van der Waals surface area contributed by atoms with E-state index in [1.54, 1.807) is 4.80 Å². The van der Waals surface area contributed by atoms with E-state index in [9.17, 15) is 5.11 Å². The normalized spacial score (nSPS) is 11.5. The Hall–Kier alpha value is -2.36. The summed E-state index contributed by atoms with van der Waals surface area (Å²) in [5, 5.41) is 20.6. The molecule has 0 amide bonds.